The maximum Gasteiger partial charge on any atom is 0.408 e. The minimum Gasteiger partial charge on any atom is -0.446 e. The molecule has 1 saturated heterocycles. The smallest absolute Gasteiger partial charge is 0.408 e. The Morgan fingerprint density at radius 2 is 1.76 bits per heavy atom. The molecule has 0 spiro atoms. The summed E-state index contributed by atoms with van der Waals surface area (Å²) in [5.41, 5.74) is 0. The van der Waals surface area contributed by atoms with Crippen molar-refractivity contribution in [3.8, 4) is 0 Å². The molecule has 1 aliphatic heterocycles. The van der Waals surface area contributed by atoms with E-state index in [4.69, 9.17) is 27.9 Å². The number of fused-ring (bicyclic) bond motifs is 1. The van der Waals surface area contributed by atoms with Gasteiger partial charge >= 0.3 is 6.09 Å². The lowest BCUT2D eigenvalue weighted by Crippen LogP contribution is -2.60. The Morgan fingerprint density at radius 1 is 1.05 bits per heavy atom. The number of hydrogen-bond donors (Lipinski definition) is 3. The Kier molecular flexibility index (Phi) is 10.8. The number of Topliss-reactive ketones (excluding diaryl/α,β-unsaturated/α-hetero) is 1. The standard InChI is InChI=1S/C30H44Cl2N4O6/c1-4-10-20(25(37)27(39)33-15-5-2)34-26(38)24-22-19(30(22,31)32)16-36(24)28(40)23(18-12-7-6-8-13-18)35-29(41)42-21-14-9-11-17(21)3/h5,17-24H,2,4,6-16H2,1,3H3,(H,33,39)(H,34,38)(H,35,41)/t17?,19?,20?,21?,22-,23-,24-/m0/s1. The molecule has 1 heterocycles. The Bertz CT molecular complexity index is 1060. The molecule has 4 rings (SSSR count). The van der Waals surface area contributed by atoms with E-state index in [1.807, 2.05) is 6.92 Å². The van der Waals surface area contributed by atoms with E-state index in [0.717, 1.165) is 51.4 Å². The minimum absolute atomic E-state index is 0.0971. The quantitative estimate of drug-likeness (QED) is 0.172. The van der Waals surface area contributed by atoms with Gasteiger partial charge in [0.2, 0.25) is 17.6 Å². The van der Waals surface area contributed by atoms with Crippen molar-refractivity contribution in [1.29, 1.82) is 0 Å². The summed E-state index contributed by atoms with van der Waals surface area (Å²) >= 11 is 13.0. The number of likely N-dealkylation sites (tertiary alicyclic amines) is 1. The van der Waals surface area contributed by atoms with Crippen LogP contribution in [0.15, 0.2) is 12.7 Å². The number of carbonyl (C=O) groups is 5. The van der Waals surface area contributed by atoms with Crippen LogP contribution in [0.2, 0.25) is 0 Å². The van der Waals surface area contributed by atoms with Gasteiger partial charge in [0.1, 0.15) is 22.5 Å². The van der Waals surface area contributed by atoms with Crippen LogP contribution >= 0.6 is 23.2 Å². The molecule has 4 amide bonds. The van der Waals surface area contributed by atoms with Crippen molar-refractivity contribution in [3.05, 3.63) is 12.7 Å². The van der Waals surface area contributed by atoms with Gasteiger partial charge in [-0.05, 0) is 50.4 Å². The van der Waals surface area contributed by atoms with E-state index in [2.05, 4.69) is 29.5 Å². The van der Waals surface area contributed by atoms with Crippen LogP contribution in [0, 0.1) is 23.7 Å². The summed E-state index contributed by atoms with van der Waals surface area (Å²) in [7, 11) is 0. The average Bonchev–Trinajstić information content (AvgIpc) is 3.30. The molecule has 42 heavy (non-hydrogen) atoms. The van der Waals surface area contributed by atoms with Gasteiger partial charge < -0.3 is 25.6 Å². The zero-order chi connectivity index (χ0) is 30.6. The van der Waals surface area contributed by atoms with E-state index >= 15 is 0 Å². The van der Waals surface area contributed by atoms with E-state index in [9.17, 15) is 24.0 Å². The molecule has 12 heteroatoms. The molecule has 0 radical (unpaired) electrons. The van der Waals surface area contributed by atoms with Gasteiger partial charge in [0.25, 0.3) is 5.91 Å². The normalized spacial score (nSPS) is 29.5. The number of nitrogens with zero attached hydrogens (tertiary/aromatic N) is 1. The second-order valence-electron chi connectivity index (χ2n) is 12.3. The van der Waals surface area contributed by atoms with E-state index in [1.165, 1.54) is 11.0 Å². The number of alkyl halides is 2. The first-order valence-corrected chi connectivity index (χ1v) is 16.2. The number of halogens is 2. The van der Waals surface area contributed by atoms with Gasteiger partial charge in [-0.15, -0.1) is 29.8 Å². The maximum absolute atomic E-state index is 14.2. The topological polar surface area (TPSA) is 134 Å². The summed E-state index contributed by atoms with van der Waals surface area (Å²) in [4.78, 5) is 67.7. The van der Waals surface area contributed by atoms with Gasteiger partial charge in [-0.2, -0.15) is 0 Å². The van der Waals surface area contributed by atoms with Crippen LogP contribution in [-0.2, 0) is 23.9 Å². The number of carbonyl (C=O) groups excluding carboxylic acids is 5. The Labute approximate surface area is 258 Å². The number of amides is 4. The summed E-state index contributed by atoms with van der Waals surface area (Å²) in [5.74, 6) is -3.26. The summed E-state index contributed by atoms with van der Waals surface area (Å²) in [6.07, 6.45) is 8.71. The van der Waals surface area contributed by atoms with Crippen LogP contribution in [0.4, 0.5) is 4.79 Å². The molecule has 7 atom stereocenters. The molecule has 10 nitrogen and oxygen atoms in total. The first-order chi connectivity index (χ1) is 20.0. The fourth-order valence-electron chi connectivity index (χ4n) is 6.97. The van der Waals surface area contributed by atoms with Crippen LogP contribution < -0.4 is 16.0 Å². The number of piperidine rings is 1. The Balaban J connectivity index is 1.52. The summed E-state index contributed by atoms with van der Waals surface area (Å²) in [6.45, 7) is 7.69. The third-order valence-electron chi connectivity index (χ3n) is 9.43. The first kappa shape index (κ1) is 32.6. The van der Waals surface area contributed by atoms with Crippen LogP contribution in [0.5, 0.6) is 0 Å². The second kappa shape index (κ2) is 14.0. The Morgan fingerprint density at radius 3 is 2.38 bits per heavy atom. The molecule has 3 N–H and O–H groups in total. The maximum atomic E-state index is 14.2. The monoisotopic (exact) mass is 626 g/mol. The number of hydrogen-bond acceptors (Lipinski definition) is 6. The minimum atomic E-state index is -1.18. The second-order valence-corrected chi connectivity index (χ2v) is 13.8. The summed E-state index contributed by atoms with van der Waals surface area (Å²) in [6, 6.07) is -2.97. The zero-order valence-corrected chi connectivity index (χ0v) is 26.1. The molecule has 3 saturated carbocycles. The molecule has 4 aliphatic rings. The highest BCUT2D eigenvalue weighted by atomic mass is 35.5. The molecule has 0 aromatic rings. The van der Waals surface area contributed by atoms with Crippen LogP contribution in [-0.4, -0.2) is 76.2 Å². The number of rotatable bonds is 12. The van der Waals surface area contributed by atoms with Gasteiger partial charge in [-0.25, -0.2) is 4.79 Å². The van der Waals surface area contributed by atoms with E-state index in [1.54, 1.807) is 0 Å². The van der Waals surface area contributed by atoms with E-state index in [-0.39, 0.29) is 49.3 Å². The number of alkyl carbamates (subject to hydrolysis) is 1. The van der Waals surface area contributed by atoms with Gasteiger partial charge in [0.15, 0.2) is 0 Å². The number of ether oxygens (including phenoxy) is 1. The highest BCUT2D eigenvalue weighted by Crippen LogP contribution is 2.65. The molecule has 3 aliphatic carbocycles. The number of nitrogens with one attached hydrogen (secondary N) is 3. The molecule has 4 fully saturated rings. The lowest BCUT2D eigenvalue weighted by molar-refractivity contribution is -0.144. The highest BCUT2D eigenvalue weighted by Gasteiger charge is 2.74. The van der Waals surface area contributed by atoms with Gasteiger partial charge in [-0.3, -0.25) is 19.2 Å². The number of ketones is 1. The fraction of sp³-hybridized carbons (Fsp3) is 0.767. The van der Waals surface area contributed by atoms with Crippen LogP contribution in [0.1, 0.15) is 78.1 Å². The molecular formula is C30H44Cl2N4O6. The van der Waals surface area contributed by atoms with Crippen molar-refractivity contribution in [3.63, 3.8) is 0 Å². The molecule has 234 valence electrons. The highest BCUT2D eigenvalue weighted by molar-refractivity contribution is 6.51. The van der Waals surface area contributed by atoms with Crippen LogP contribution in [0.25, 0.3) is 0 Å². The van der Waals surface area contributed by atoms with E-state index < -0.39 is 52.1 Å². The average molecular weight is 628 g/mol. The fourth-order valence-corrected chi connectivity index (χ4v) is 7.80. The zero-order valence-electron chi connectivity index (χ0n) is 24.5. The molecule has 0 aromatic heterocycles. The molecule has 4 unspecified atom stereocenters. The van der Waals surface area contributed by atoms with Crippen molar-refractivity contribution < 1.29 is 28.7 Å². The van der Waals surface area contributed by atoms with Gasteiger partial charge in [-0.1, -0.05) is 45.6 Å². The largest absolute Gasteiger partial charge is 0.446 e. The van der Waals surface area contributed by atoms with Gasteiger partial charge in [0, 0.05) is 24.9 Å². The van der Waals surface area contributed by atoms with Crippen molar-refractivity contribution in [2.45, 2.75) is 107 Å². The molecule has 0 bridgehead atoms. The predicted molar refractivity (Wildman–Crippen MR) is 159 cm³/mol. The summed E-state index contributed by atoms with van der Waals surface area (Å²) in [5, 5.41) is 8.03. The van der Waals surface area contributed by atoms with Crippen molar-refractivity contribution >= 4 is 52.8 Å². The van der Waals surface area contributed by atoms with Gasteiger partial charge in [0.05, 0.1) is 6.04 Å². The summed E-state index contributed by atoms with van der Waals surface area (Å²) < 4.78 is 4.54. The lowest BCUT2D eigenvalue weighted by Gasteiger charge is -2.36. The lowest BCUT2D eigenvalue weighted by atomic mass is 9.83. The Hall–Kier alpha value is -2.33. The van der Waals surface area contributed by atoms with Crippen molar-refractivity contribution in [2.75, 3.05) is 13.1 Å². The molecule has 0 aromatic carbocycles. The third-order valence-corrected chi connectivity index (χ3v) is 10.5. The predicted octanol–water partition coefficient (Wildman–Crippen LogP) is 3.64. The van der Waals surface area contributed by atoms with Crippen molar-refractivity contribution in [1.82, 2.24) is 20.9 Å². The van der Waals surface area contributed by atoms with E-state index in [0.29, 0.717) is 6.42 Å². The third kappa shape index (κ3) is 7.07. The van der Waals surface area contributed by atoms with Crippen LogP contribution in [0.3, 0.4) is 0 Å². The SMILES string of the molecule is C=CCNC(=O)C(=O)C(CCC)NC(=O)[C@@H]1[C@@H]2C(CN1C(=O)[C@@H](NC(=O)OC1CCCC1C)C1CCCCC1)C2(Cl)Cl. The molecular weight excluding hydrogens is 583 g/mol. The van der Waals surface area contributed by atoms with Crippen molar-refractivity contribution in [2.24, 2.45) is 23.7 Å². The first-order valence-electron chi connectivity index (χ1n) is 15.4.